The van der Waals surface area contributed by atoms with Crippen molar-refractivity contribution in [3.05, 3.63) is 28.2 Å². The maximum atomic E-state index is 4.11. The highest BCUT2D eigenvalue weighted by Gasteiger charge is 2.13. The lowest BCUT2D eigenvalue weighted by Crippen LogP contribution is -2.23. The quantitative estimate of drug-likeness (QED) is 0.845. The zero-order valence-corrected chi connectivity index (χ0v) is 12.5. The molecule has 1 N–H and O–H groups in total. The lowest BCUT2D eigenvalue weighted by Gasteiger charge is -2.13. The number of tetrazole rings is 1. The van der Waals surface area contributed by atoms with Gasteiger partial charge in [0.25, 0.3) is 0 Å². The number of rotatable bonds is 7. The second kappa shape index (κ2) is 6.77. The summed E-state index contributed by atoms with van der Waals surface area (Å²) in [5.41, 5.74) is 0. The largest absolute Gasteiger partial charge is 0.310 e. The summed E-state index contributed by atoms with van der Waals surface area (Å²) < 4.78 is 1.92. The van der Waals surface area contributed by atoms with Crippen molar-refractivity contribution >= 4 is 11.3 Å². The van der Waals surface area contributed by atoms with Crippen molar-refractivity contribution in [2.75, 3.05) is 6.54 Å². The predicted molar refractivity (Wildman–Crippen MR) is 77.1 cm³/mol. The Morgan fingerprint density at radius 1 is 1.37 bits per heavy atom. The molecule has 1 atom stereocenters. The first-order valence-electron chi connectivity index (χ1n) is 6.66. The molecule has 19 heavy (non-hydrogen) atoms. The lowest BCUT2D eigenvalue weighted by molar-refractivity contribution is 0.444. The van der Waals surface area contributed by atoms with Crippen molar-refractivity contribution in [1.82, 2.24) is 25.5 Å². The van der Waals surface area contributed by atoms with E-state index >= 15 is 0 Å². The van der Waals surface area contributed by atoms with Gasteiger partial charge in [0.2, 0.25) is 0 Å². The molecule has 1 unspecified atom stereocenters. The monoisotopic (exact) mass is 279 g/mol. The highest BCUT2D eigenvalue weighted by atomic mass is 32.1. The number of nitrogens with zero attached hydrogens (tertiary/aromatic N) is 4. The van der Waals surface area contributed by atoms with E-state index in [0.717, 1.165) is 25.3 Å². The Morgan fingerprint density at radius 2 is 2.21 bits per heavy atom. The van der Waals surface area contributed by atoms with Gasteiger partial charge in [0.15, 0.2) is 5.82 Å². The van der Waals surface area contributed by atoms with E-state index < -0.39 is 0 Å². The Bertz CT molecular complexity index is 477. The molecule has 2 rings (SSSR count). The molecule has 0 fully saturated rings. The van der Waals surface area contributed by atoms with Gasteiger partial charge in [-0.3, -0.25) is 0 Å². The van der Waals surface area contributed by atoms with Gasteiger partial charge in [-0.05, 0) is 41.3 Å². The van der Waals surface area contributed by atoms with Crippen molar-refractivity contribution in [1.29, 1.82) is 0 Å². The third-order valence-electron chi connectivity index (χ3n) is 2.89. The molecule has 2 aromatic rings. The summed E-state index contributed by atoms with van der Waals surface area (Å²) in [7, 11) is 0. The molecule has 0 spiro atoms. The molecule has 5 nitrogen and oxygen atoms in total. The summed E-state index contributed by atoms with van der Waals surface area (Å²) in [5.74, 6) is 1.54. The van der Waals surface area contributed by atoms with E-state index in [4.69, 9.17) is 0 Å². The van der Waals surface area contributed by atoms with Crippen molar-refractivity contribution in [2.24, 2.45) is 5.92 Å². The summed E-state index contributed by atoms with van der Waals surface area (Å²) in [6.07, 6.45) is 0.972. The average molecular weight is 279 g/mol. The van der Waals surface area contributed by atoms with E-state index in [0.29, 0.717) is 5.92 Å². The first-order chi connectivity index (χ1) is 9.16. The first kappa shape index (κ1) is 14.1. The van der Waals surface area contributed by atoms with Crippen LogP contribution in [0.5, 0.6) is 0 Å². The van der Waals surface area contributed by atoms with Gasteiger partial charge in [0, 0.05) is 11.3 Å². The van der Waals surface area contributed by atoms with E-state index in [2.05, 4.69) is 59.1 Å². The molecule has 0 bridgehead atoms. The summed E-state index contributed by atoms with van der Waals surface area (Å²) in [5, 5.41) is 17.5. The summed E-state index contributed by atoms with van der Waals surface area (Å²) in [4.78, 5) is 1.36. The van der Waals surface area contributed by atoms with Crippen molar-refractivity contribution in [3.8, 4) is 0 Å². The number of hydrogen-bond donors (Lipinski definition) is 1. The Morgan fingerprint density at radius 3 is 2.89 bits per heavy atom. The molecule has 0 amide bonds. The van der Waals surface area contributed by atoms with Crippen molar-refractivity contribution in [3.63, 3.8) is 0 Å². The van der Waals surface area contributed by atoms with Crippen molar-refractivity contribution < 1.29 is 0 Å². The Balaban J connectivity index is 1.94. The Kier molecular flexibility index (Phi) is 5.04. The van der Waals surface area contributed by atoms with E-state index in [1.54, 1.807) is 11.3 Å². The van der Waals surface area contributed by atoms with Crippen LogP contribution in [0.1, 0.15) is 37.5 Å². The molecule has 104 valence electrons. The van der Waals surface area contributed by atoms with Gasteiger partial charge >= 0.3 is 0 Å². The van der Waals surface area contributed by atoms with E-state index in [9.17, 15) is 0 Å². The third-order valence-corrected chi connectivity index (χ3v) is 3.79. The molecule has 0 aliphatic rings. The lowest BCUT2D eigenvalue weighted by atomic mass is 10.2. The molecule has 0 saturated heterocycles. The Hall–Kier alpha value is -1.27. The van der Waals surface area contributed by atoms with Gasteiger partial charge in [0.05, 0.1) is 12.6 Å². The molecule has 0 aliphatic heterocycles. The zero-order valence-electron chi connectivity index (χ0n) is 11.7. The number of hydrogen-bond acceptors (Lipinski definition) is 5. The molecule has 2 aromatic heterocycles. The number of nitrogens with one attached hydrogen (secondary N) is 1. The highest BCUT2D eigenvalue weighted by Crippen LogP contribution is 2.17. The van der Waals surface area contributed by atoms with Gasteiger partial charge < -0.3 is 5.32 Å². The second-order valence-electron chi connectivity index (χ2n) is 5.20. The van der Waals surface area contributed by atoms with Gasteiger partial charge in [-0.15, -0.1) is 16.4 Å². The van der Waals surface area contributed by atoms with E-state index in [1.807, 2.05) is 4.68 Å². The van der Waals surface area contributed by atoms with Gasteiger partial charge in [-0.25, -0.2) is 4.68 Å². The first-order valence-corrected chi connectivity index (χ1v) is 7.54. The fourth-order valence-electron chi connectivity index (χ4n) is 1.95. The van der Waals surface area contributed by atoms with Crippen LogP contribution in [0.15, 0.2) is 17.5 Å². The topological polar surface area (TPSA) is 55.6 Å². The van der Waals surface area contributed by atoms with Crippen molar-refractivity contribution in [2.45, 2.75) is 39.8 Å². The van der Waals surface area contributed by atoms with Gasteiger partial charge in [0.1, 0.15) is 0 Å². The minimum atomic E-state index is 0.282. The molecule has 6 heteroatoms. The van der Waals surface area contributed by atoms with Gasteiger partial charge in [-0.1, -0.05) is 19.9 Å². The van der Waals surface area contributed by atoms with Crippen LogP contribution in [0.3, 0.4) is 0 Å². The minimum Gasteiger partial charge on any atom is -0.310 e. The normalized spacial score (nSPS) is 13.1. The van der Waals surface area contributed by atoms with Crippen LogP contribution in [0.4, 0.5) is 0 Å². The molecule has 0 radical (unpaired) electrons. The standard InChI is InChI=1S/C13H21N5S/c1-10(2)8-14-9-13-15-16-17-18(13)11(3)7-12-5-4-6-19-12/h4-6,10-11,14H,7-9H2,1-3H3. The highest BCUT2D eigenvalue weighted by molar-refractivity contribution is 7.09. The summed E-state index contributed by atoms with van der Waals surface area (Å²) >= 11 is 1.78. The van der Waals surface area contributed by atoms with Crippen LogP contribution in [0.25, 0.3) is 0 Å². The summed E-state index contributed by atoms with van der Waals surface area (Å²) in [6, 6.07) is 4.52. The second-order valence-corrected chi connectivity index (χ2v) is 6.23. The number of thiophene rings is 1. The molecule has 0 aromatic carbocycles. The zero-order chi connectivity index (χ0) is 13.7. The van der Waals surface area contributed by atoms with Crippen LogP contribution >= 0.6 is 11.3 Å². The smallest absolute Gasteiger partial charge is 0.165 e. The van der Waals surface area contributed by atoms with Crippen LogP contribution in [0, 0.1) is 5.92 Å². The SMILES string of the molecule is CC(C)CNCc1nnnn1C(C)Cc1cccs1. The average Bonchev–Trinajstić information content (AvgIpc) is 2.99. The minimum absolute atomic E-state index is 0.282. The number of aromatic nitrogens is 4. The van der Waals surface area contributed by atoms with E-state index in [1.165, 1.54) is 4.88 Å². The fourth-order valence-corrected chi connectivity index (χ4v) is 2.78. The molecular weight excluding hydrogens is 258 g/mol. The molecule has 0 aliphatic carbocycles. The van der Waals surface area contributed by atoms with Crippen LogP contribution in [-0.2, 0) is 13.0 Å². The predicted octanol–water partition coefficient (Wildman–Crippen LogP) is 2.28. The Labute approximate surface area is 118 Å². The van der Waals surface area contributed by atoms with Crippen LogP contribution in [-0.4, -0.2) is 26.8 Å². The van der Waals surface area contributed by atoms with Crippen LogP contribution < -0.4 is 5.32 Å². The fraction of sp³-hybridized carbons (Fsp3) is 0.615. The summed E-state index contributed by atoms with van der Waals surface area (Å²) in [6.45, 7) is 8.24. The molecule has 2 heterocycles. The molecular formula is C13H21N5S. The third kappa shape index (κ3) is 4.11. The maximum absolute atomic E-state index is 4.11. The maximum Gasteiger partial charge on any atom is 0.165 e. The van der Waals surface area contributed by atoms with Crippen LogP contribution in [0.2, 0.25) is 0 Å². The molecule has 0 saturated carbocycles. The van der Waals surface area contributed by atoms with E-state index in [-0.39, 0.29) is 6.04 Å². The van der Waals surface area contributed by atoms with Gasteiger partial charge in [-0.2, -0.15) is 0 Å².